The van der Waals surface area contributed by atoms with Crippen molar-refractivity contribution in [2.24, 2.45) is 0 Å². The number of nitrogens with zero attached hydrogens (tertiary/aromatic N) is 1. The van der Waals surface area contributed by atoms with Crippen molar-refractivity contribution in [1.82, 2.24) is 4.90 Å². The topological polar surface area (TPSA) is 54.5 Å². The molecule has 0 bridgehead atoms. The van der Waals surface area contributed by atoms with Gasteiger partial charge in [-0.2, -0.15) is 0 Å². The average Bonchev–Trinajstić information content (AvgIpc) is 2.64. The summed E-state index contributed by atoms with van der Waals surface area (Å²) in [4.78, 5) is 14.5. The van der Waals surface area contributed by atoms with Crippen LogP contribution in [-0.4, -0.2) is 42.8 Å². The van der Waals surface area contributed by atoms with E-state index >= 15 is 0 Å². The van der Waals surface area contributed by atoms with Crippen LogP contribution in [0.25, 0.3) is 10.8 Å². The van der Waals surface area contributed by atoms with Gasteiger partial charge in [-0.25, -0.2) is 12.8 Å². The zero-order valence-corrected chi connectivity index (χ0v) is 14.6. The van der Waals surface area contributed by atoms with E-state index in [9.17, 15) is 17.6 Å². The molecule has 0 aliphatic carbocycles. The molecule has 128 valence electrons. The highest BCUT2D eigenvalue weighted by molar-refractivity contribution is 7.92. The fraction of sp³-hybridized carbons (Fsp3) is 0.389. The third-order valence-electron chi connectivity index (χ3n) is 4.84. The molecule has 0 radical (unpaired) electrons. The normalized spacial score (nSPS) is 19.9. The van der Waals surface area contributed by atoms with Gasteiger partial charge >= 0.3 is 0 Å². The monoisotopic (exact) mass is 349 g/mol. The summed E-state index contributed by atoms with van der Waals surface area (Å²) < 4.78 is 37.7. The van der Waals surface area contributed by atoms with Crippen LogP contribution in [-0.2, 0) is 9.84 Å². The molecule has 1 saturated heterocycles. The maximum atomic E-state index is 13.9. The molecule has 2 aromatic carbocycles. The first-order chi connectivity index (χ1) is 11.2. The fourth-order valence-corrected chi connectivity index (χ4v) is 4.42. The Morgan fingerprint density at radius 2 is 1.75 bits per heavy atom. The summed E-state index contributed by atoms with van der Waals surface area (Å²) in [6.07, 6.45) is 0.389. The lowest BCUT2D eigenvalue weighted by Crippen LogP contribution is -2.33. The van der Waals surface area contributed by atoms with Crippen molar-refractivity contribution < 1.29 is 17.6 Å². The van der Waals surface area contributed by atoms with Crippen LogP contribution in [0.5, 0.6) is 0 Å². The molecule has 1 heterocycles. The molecule has 4 nitrogen and oxygen atoms in total. The number of benzene rings is 2. The number of hydrogen-bond acceptors (Lipinski definition) is 3. The van der Waals surface area contributed by atoms with Crippen LogP contribution in [0.3, 0.4) is 0 Å². The van der Waals surface area contributed by atoms with E-state index in [1.54, 1.807) is 43.0 Å². The first kappa shape index (κ1) is 16.9. The largest absolute Gasteiger partial charge is 0.338 e. The summed E-state index contributed by atoms with van der Waals surface area (Å²) in [6.45, 7) is 3.93. The van der Waals surface area contributed by atoms with Gasteiger partial charge in [0.1, 0.15) is 5.82 Å². The molecule has 0 N–H and O–H groups in total. The van der Waals surface area contributed by atoms with Crippen LogP contribution in [0.4, 0.5) is 4.39 Å². The quantitative estimate of drug-likeness (QED) is 0.795. The molecule has 0 saturated carbocycles. The summed E-state index contributed by atoms with van der Waals surface area (Å²) in [5, 5.41) is 0.944. The SMILES string of the molecule is CC1(C)CCN(C(=O)c2ccc(F)c3ccccc23)CCS1(=O)=O. The van der Waals surface area contributed by atoms with Gasteiger partial charge in [0.25, 0.3) is 5.91 Å². The lowest BCUT2D eigenvalue weighted by Gasteiger charge is -2.23. The minimum absolute atomic E-state index is 0.0507. The maximum Gasteiger partial charge on any atom is 0.254 e. The molecule has 0 spiro atoms. The Kier molecular flexibility index (Phi) is 4.11. The van der Waals surface area contributed by atoms with Gasteiger partial charge in [0, 0.05) is 24.0 Å². The first-order valence-corrected chi connectivity index (χ1v) is 9.57. The van der Waals surface area contributed by atoms with Crippen molar-refractivity contribution in [3.05, 3.63) is 47.8 Å². The van der Waals surface area contributed by atoms with Gasteiger partial charge in [-0.1, -0.05) is 24.3 Å². The van der Waals surface area contributed by atoms with Crippen LogP contribution in [0, 0.1) is 5.82 Å². The predicted molar refractivity (Wildman–Crippen MR) is 92.3 cm³/mol. The maximum absolute atomic E-state index is 13.9. The van der Waals surface area contributed by atoms with Crippen molar-refractivity contribution in [2.45, 2.75) is 25.0 Å². The van der Waals surface area contributed by atoms with Crippen molar-refractivity contribution in [1.29, 1.82) is 0 Å². The van der Waals surface area contributed by atoms with Gasteiger partial charge < -0.3 is 4.90 Å². The molecule has 1 aliphatic heterocycles. The molecule has 3 rings (SSSR count). The fourth-order valence-electron chi connectivity index (χ4n) is 3.00. The van der Waals surface area contributed by atoms with Gasteiger partial charge in [0.2, 0.25) is 0 Å². The minimum Gasteiger partial charge on any atom is -0.338 e. The molecule has 2 aromatic rings. The van der Waals surface area contributed by atoms with E-state index in [0.29, 0.717) is 29.3 Å². The number of halogens is 1. The van der Waals surface area contributed by atoms with Crippen molar-refractivity contribution >= 4 is 26.5 Å². The highest BCUT2D eigenvalue weighted by Crippen LogP contribution is 2.27. The van der Waals surface area contributed by atoms with Crippen LogP contribution in [0.2, 0.25) is 0 Å². The smallest absolute Gasteiger partial charge is 0.254 e. The minimum atomic E-state index is -3.25. The molecule has 0 aromatic heterocycles. The first-order valence-electron chi connectivity index (χ1n) is 7.92. The van der Waals surface area contributed by atoms with Crippen molar-refractivity contribution in [3.8, 4) is 0 Å². The van der Waals surface area contributed by atoms with Crippen molar-refractivity contribution in [3.63, 3.8) is 0 Å². The molecule has 6 heteroatoms. The number of amides is 1. The Labute approximate surface area is 141 Å². The number of sulfone groups is 1. The van der Waals surface area contributed by atoms with Gasteiger partial charge in [0.15, 0.2) is 9.84 Å². The summed E-state index contributed by atoms with van der Waals surface area (Å²) in [5.74, 6) is -0.675. The molecule has 24 heavy (non-hydrogen) atoms. The Hall–Kier alpha value is -1.95. The Morgan fingerprint density at radius 3 is 2.46 bits per heavy atom. The Bertz CT molecular complexity index is 906. The molecule has 0 unspecified atom stereocenters. The Balaban J connectivity index is 1.98. The zero-order valence-electron chi connectivity index (χ0n) is 13.8. The zero-order chi connectivity index (χ0) is 17.5. The molecular weight excluding hydrogens is 329 g/mol. The second-order valence-corrected chi connectivity index (χ2v) is 9.50. The van der Waals surface area contributed by atoms with Gasteiger partial charge in [-0.3, -0.25) is 4.79 Å². The average molecular weight is 349 g/mol. The van der Waals surface area contributed by atoms with Crippen LogP contribution in [0.1, 0.15) is 30.6 Å². The highest BCUT2D eigenvalue weighted by Gasteiger charge is 2.38. The molecular formula is C18H20FNO3S. The summed E-state index contributed by atoms with van der Waals surface area (Å²) in [6, 6.07) is 9.59. The van der Waals surface area contributed by atoms with Crippen LogP contribution in [0.15, 0.2) is 36.4 Å². The summed E-state index contributed by atoms with van der Waals surface area (Å²) >= 11 is 0. The third kappa shape index (κ3) is 2.79. The second kappa shape index (κ2) is 5.84. The van der Waals surface area contributed by atoms with E-state index in [-0.39, 0.29) is 24.0 Å². The van der Waals surface area contributed by atoms with Crippen molar-refractivity contribution in [2.75, 3.05) is 18.8 Å². The number of fused-ring (bicyclic) bond motifs is 1. The van der Waals surface area contributed by atoms with Gasteiger partial charge in [-0.15, -0.1) is 0 Å². The highest BCUT2D eigenvalue weighted by atomic mass is 32.2. The third-order valence-corrected chi connectivity index (χ3v) is 7.45. The summed E-state index contributed by atoms with van der Waals surface area (Å²) in [5.41, 5.74) is 0.407. The molecule has 0 atom stereocenters. The van der Waals surface area contributed by atoms with Crippen LogP contribution >= 0.6 is 0 Å². The van der Waals surface area contributed by atoms with E-state index in [2.05, 4.69) is 0 Å². The standard InChI is InChI=1S/C18H20FNO3S/c1-18(2)9-10-20(11-12-24(18,22)23)17(21)15-7-8-16(19)14-6-4-3-5-13(14)15/h3-8H,9-12H2,1-2H3. The Morgan fingerprint density at radius 1 is 1.08 bits per heavy atom. The predicted octanol–water partition coefficient (Wildman–Crippen LogP) is 3.02. The number of carbonyl (C=O) groups is 1. The number of hydrogen-bond donors (Lipinski definition) is 0. The van der Waals surface area contributed by atoms with E-state index < -0.39 is 14.6 Å². The second-order valence-electron chi connectivity index (χ2n) is 6.76. The number of rotatable bonds is 1. The van der Waals surface area contributed by atoms with E-state index in [1.807, 2.05) is 0 Å². The summed E-state index contributed by atoms with van der Waals surface area (Å²) in [7, 11) is -3.25. The molecule has 1 fully saturated rings. The van der Waals surface area contributed by atoms with E-state index in [4.69, 9.17) is 0 Å². The molecule has 1 amide bonds. The number of carbonyl (C=O) groups excluding carboxylic acids is 1. The lowest BCUT2D eigenvalue weighted by molar-refractivity contribution is 0.0766. The molecule has 1 aliphatic rings. The van der Waals surface area contributed by atoms with Crippen LogP contribution < -0.4 is 0 Å². The van der Waals surface area contributed by atoms with E-state index in [0.717, 1.165) is 0 Å². The van der Waals surface area contributed by atoms with Gasteiger partial charge in [-0.05, 0) is 37.8 Å². The lowest BCUT2D eigenvalue weighted by atomic mass is 10.0. The van der Waals surface area contributed by atoms with Gasteiger partial charge in [0.05, 0.1) is 10.5 Å². The van der Waals surface area contributed by atoms with E-state index in [1.165, 1.54) is 12.1 Å².